The lowest BCUT2D eigenvalue weighted by Crippen LogP contribution is -2.43. The number of benzene rings is 1. The predicted octanol–water partition coefficient (Wildman–Crippen LogP) is -0.723. The first-order chi connectivity index (χ1) is 12.8. The number of ether oxygens (including phenoxy) is 2. The SMILES string of the molecule is COc1ccc(C(=O)NCC(=O)NCCN2CCOCC2)cc1S(C)(=O)=O. The van der Waals surface area contributed by atoms with E-state index in [0.29, 0.717) is 19.8 Å². The molecule has 2 amide bonds. The van der Waals surface area contributed by atoms with E-state index in [0.717, 1.165) is 25.9 Å². The molecular formula is C17H25N3O6S. The van der Waals surface area contributed by atoms with E-state index < -0.39 is 15.7 Å². The maximum Gasteiger partial charge on any atom is 0.251 e. The number of hydrogen-bond donors (Lipinski definition) is 2. The summed E-state index contributed by atoms with van der Waals surface area (Å²) in [5.74, 6) is -0.686. The van der Waals surface area contributed by atoms with Crippen molar-refractivity contribution in [2.75, 3.05) is 59.3 Å². The van der Waals surface area contributed by atoms with Crippen LogP contribution in [0.15, 0.2) is 23.1 Å². The number of rotatable bonds is 8. The van der Waals surface area contributed by atoms with Crippen LogP contribution in [-0.2, 0) is 19.4 Å². The molecule has 1 saturated heterocycles. The van der Waals surface area contributed by atoms with Gasteiger partial charge in [0.1, 0.15) is 10.6 Å². The Morgan fingerprint density at radius 3 is 2.56 bits per heavy atom. The van der Waals surface area contributed by atoms with E-state index in [1.807, 2.05) is 0 Å². The fourth-order valence-corrected chi connectivity index (χ4v) is 3.47. The molecule has 1 heterocycles. The third-order valence-corrected chi connectivity index (χ3v) is 5.21. The number of nitrogens with one attached hydrogen (secondary N) is 2. The smallest absolute Gasteiger partial charge is 0.251 e. The molecule has 0 aromatic heterocycles. The van der Waals surface area contributed by atoms with Crippen LogP contribution in [0.4, 0.5) is 0 Å². The van der Waals surface area contributed by atoms with Gasteiger partial charge in [-0.15, -0.1) is 0 Å². The Bertz CT molecular complexity index is 775. The second-order valence-electron chi connectivity index (χ2n) is 6.12. The van der Waals surface area contributed by atoms with Crippen LogP contribution in [0, 0.1) is 0 Å². The highest BCUT2D eigenvalue weighted by atomic mass is 32.2. The molecule has 2 N–H and O–H groups in total. The van der Waals surface area contributed by atoms with Crippen molar-refractivity contribution < 1.29 is 27.5 Å². The van der Waals surface area contributed by atoms with Crippen LogP contribution < -0.4 is 15.4 Å². The number of methoxy groups -OCH3 is 1. The molecule has 0 aliphatic carbocycles. The van der Waals surface area contributed by atoms with Gasteiger partial charge < -0.3 is 20.1 Å². The zero-order valence-corrected chi connectivity index (χ0v) is 16.3. The first-order valence-corrected chi connectivity index (χ1v) is 10.4. The number of morpholine rings is 1. The molecule has 1 aliphatic heterocycles. The van der Waals surface area contributed by atoms with Gasteiger partial charge in [0, 0.05) is 38.0 Å². The van der Waals surface area contributed by atoms with E-state index in [4.69, 9.17) is 9.47 Å². The average molecular weight is 399 g/mol. The molecule has 0 unspecified atom stereocenters. The van der Waals surface area contributed by atoms with Crippen LogP contribution in [0.2, 0.25) is 0 Å². The summed E-state index contributed by atoms with van der Waals surface area (Å²) in [4.78, 5) is 26.2. The number of hydrogen-bond acceptors (Lipinski definition) is 7. The first-order valence-electron chi connectivity index (χ1n) is 8.54. The van der Waals surface area contributed by atoms with Crippen molar-refractivity contribution in [3.8, 4) is 5.75 Å². The Hall–Kier alpha value is -2.17. The Balaban J connectivity index is 1.83. The van der Waals surface area contributed by atoms with E-state index >= 15 is 0 Å². The van der Waals surface area contributed by atoms with Gasteiger partial charge in [-0.25, -0.2) is 8.42 Å². The molecule has 27 heavy (non-hydrogen) atoms. The van der Waals surface area contributed by atoms with Crippen molar-refractivity contribution in [3.63, 3.8) is 0 Å². The van der Waals surface area contributed by atoms with Crippen LogP contribution in [0.1, 0.15) is 10.4 Å². The van der Waals surface area contributed by atoms with E-state index in [1.165, 1.54) is 25.3 Å². The minimum atomic E-state index is -3.55. The highest BCUT2D eigenvalue weighted by Crippen LogP contribution is 2.24. The van der Waals surface area contributed by atoms with Crippen molar-refractivity contribution in [1.82, 2.24) is 15.5 Å². The summed E-state index contributed by atoms with van der Waals surface area (Å²) in [5.41, 5.74) is 0.136. The summed E-state index contributed by atoms with van der Waals surface area (Å²) in [6.45, 7) is 4.08. The van der Waals surface area contributed by atoms with Crippen molar-refractivity contribution >= 4 is 21.7 Å². The van der Waals surface area contributed by atoms with Crippen LogP contribution >= 0.6 is 0 Å². The molecule has 1 aliphatic rings. The summed E-state index contributed by atoms with van der Waals surface area (Å²) < 4.78 is 33.9. The Labute approximate surface area is 158 Å². The third-order valence-electron chi connectivity index (χ3n) is 4.09. The Morgan fingerprint density at radius 2 is 1.93 bits per heavy atom. The number of nitrogens with zero attached hydrogens (tertiary/aromatic N) is 1. The number of amides is 2. The molecule has 1 aromatic carbocycles. The van der Waals surface area contributed by atoms with E-state index in [9.17, 15) is 18.0 Å². The van der Waals surface area contributed by atoms with Gasteiger partial charge in [0.15, 0.2) is 9.84 Å². The van der Waals surface area contributed by atoms with Gasteiger partial charge in [-0.3, -0.25) is 14.5 Å². The van der Waals surface area contributed by atoms with Crippen LogP contribution in [0.5, 0.6) is 5.75 Å². The second-order valence-corrected chi connectivity index (χ2v) is 8.11. The molecule has 0 atom stereocenters. The quantitative estimate of drug-likeness (QED) is 0.593. The minimum Gasteiger partial charge on any atom is -0.495 e. The van der Waals surface area contributed by atoms with E-state index in [2.05, 4.69) is 15.5 Å². The summed E-state index contributed by atoms with van der Waals surface area (Å²) in [5, 5.41) is 5.22. The average Bonchev–Trinajstić information content (AvgIpc) is 2.65. The second kappa shape index (κ2) is 9.67. The summed E-state index contributed by atoms with van der Waals surface area (Å²) in [6.07, 6.45) is 1.04. The van der Waals surface area contributed by atoms with E-state index in [-0.39, 0.29) is 28.7 Å². The van der Waals surface area contributed by atoms with Crippen molar-refractivity contribution in [2.45, 2.75) is 4.90 Å². The van der Waals surface area contributed by atoms with Gasteiger partial charge in [0.25, 0.3) is 5.91 Å². The van der Waals surface area contributed by atoms with Gasteiger partial charge in [-0.05, 0) is 18.2 Å². The highest BCUT2D eigenvalue weighted by Gasteiger charge is 2.18. The van der Waals surface area contributed by atoms with Gasteiger partial charge in [0.2, 0.25) is 5.91 Å². The van der Waals surface area contributed by atoms with Crippen molar-refractivity contribution in [2.24, 2.45) is 0 Å². The largest absolute Gasteiger partial charge is 0.495 e. The number of carbonyl (C=O) groups is 2. The zero-order valence-electron chi connectivity index (χ0n) is 15.5. The lowest BCUT2D eigenvalue weighted by molar-refractivity contribution is -0.120. The molecule has 10 heteroatoms. The van der Waals surface area contributed by atoms with E-state index in [1.54, 1.807) is 0 Å². The molecule has 9 nitrogen and oxygen atoms in total. The zero-order chi connectivity index (χ0) is 19.9. The van der Waals surface area contributed by atoms with Gasteiger partial charge in [0.05, 0.1) is 26.9 Å². The summed E-state index contributed by atoms with van der Waals surface area (Å²) in [6, 6.07) is 4.09. The molecule has 150 valence electrons. The summed E-state index contributed by atoms with van der Waals surface area (Å²) in [7, 11) is -2.20. The molecule has 0 radical (unpaired) electrons. The molecule has 0 saturated carbocycles. The van der Waals surface area contributed by atoms with Crippen LogP contribution in [0.3, 0.4) is 0 Å². The molecule has 1 fully saturated rings. The lowest BCUT2D eigenvalue weighted by atomic mass is 10.2. The summed E-state index contributed by atoms with van der Waals surface area (Å²) >= 11 is 0. The molecule has 0 bridgehead atoms. The molecule has 2 rings (SSSR count). The number of sulfone groups is 1. The fraction of sp³-hybridized carbons (Fsp3) is 0.529. The standard InChI is InChI=1S/C17H25N3O6S/c1-25-14-4-3-13(11-15(14)27(2,23)24)17(22)19-12-16(21)18-5-6-20-7-9-26-10-8-20/h3-4,11H,5-10,12H2,1-2H3,(H,18,21)(H,19,22). The maximum absolute atomic E-state index is 12.2. The molecular weight excluding hydrogens is 374 g/mol. The van der Waals surface area contributed by atoms with Crippen molar-refractivity contribution in [1.29, 1.82) is 0 Å². The molecule has 0 spiro atoms. The Morgan fingerprint density at radius 1 is 1.22 bits per heavy atom. The highest BCUT2D eigenvalue weighted by molar-refractivity contribution is 7.90. The van der Waals surface area contributed by atoms with Crippen molar-refractivity contribution in [3.05, 3.63) is 23.8 Å². The first kappa shape index (κ1) is 21.1. The number of carbonyl (C=O) groups excluding carboxylic acids is 2. The molecule has 1 aromatic rings. The fourth-order valence-electron chi connectivity index (χ4n) is 2.61. The lowest BCUT2D eigenvalue weighted by Gasteiger charge is -2.26. The normalized spacial score (nSPS) is 15.2. The Kier molecular flexibility index (Phi) is 7.57. The predicted molar refractivity (Wildman–Crippen MR) is 98.7 cm³/mol. The van der Waals surface area contributed by atoms with Gasteiger partial charge in [-0.1, -0.05) is 0 Å². The monoisotopic (exact) mass is 399 g/mol. The maximum atomic E-state index is 12.2. The third kappa shape index (κ3) is 6.49. The topological polar surface area (TPSA) is 114 Å². The van der Waals surface area contributed by atoms with Gasteiger partial charge in [-0.2, -0.15) is 0 Å². The van der Waals surface area contributed by atoms with Gasteiger partial charge >= 0.3 is 0 Å². The minimum absolute atomic E-state index is 0.0763. The van der Waals surface area contributed by atoms with Crippen LogP contribution in [0.25, 0.3) is 0 Å². The van der Waals surface area contributed by atoms with Crippen LogP contribution in [-0.4, -0.2) is 84.4 Å².